The minimum atomic E-state index is -3.72. The quantitative estimate of drug-likeness (QED) is 0.505. The fraction of sp³-hybridized carbons (Fsp3) is 0.375. The van der Waals surface area contributed by atoms with Gasteiger partial charge in [0, 0.05) is 60.7 Å². The van der Waals surface area contributed by atoms with Gasteiger partial charge < -0.3 is 14.7 Å². The van der Waals surface area contributed by atoms with Crippen LogP contribution in [-0.4, -0.2) is 67.3 Å². The smallest absolute Gasteiger partial charge is 0.263 e. The molecule has 36 heavy (non-hydrogen) atoms. The number of rotatable bonds is 6. The number of amides is 1. The van der Waals surface area contributed by atoms with Crippen LogP contribution in [0.25, 0.3) is 0 Å². The van der Waals surface area contributed by atoms with Crippen LogP contribution in [0.5, 0.6) is 0 Å². The van der Waals surface area contributed by atoms with Crippen molar-refractivity contribution >= 4 is 55.6 Å². The summed E-state index contributed by atoms with van der Waals surface area (Å²) < 4.78 is 31.3. The number of nitrogens with one attached hydrogen (secondary N) is 1. The number of halogens is 1. The number of carbonyl (C=O) groups excluding carboxylic acids is 1. The van der Waals surface area contributed by atoms with Crippen LogP contribution >= 0.6 is 23.1 Å². The number of fused-ring (bicyclic) bond motifs is 1. The Morgan fingerprint density at radius 1 is 1.08 bits per heavy atom. The third kappa shape index (κ3) is 5.14. The first kappa shape index (κ1) is 24.8. The second kappa shape index (κ2) is 10.2. The van der Waals surface area contributed by atoms with Gasteiger partial charge in [0.2, 0.25) is 11.0 Å². The van der Waals surface area contributed by atoms with Crippen molar-refractivity contribution in [1.29, 1.82) is 0 Å². The first-order valence-corrected chi connectivity index (χ1v) is 14.4. The van der Waals surface area contributed by atoms with E-state index in [0.29, 0.717) is 26.2 Å². The first-order valence-electron chi connectivity index (χ1n) is 11.8. The summed E-state index contributed by atoms with van der Waals surface area (Å²) in [5.74, 6) is 0.127. The standard InChI is InChI=1S/C24H27ClN6O3S2/c1-17(31-10-2-3-18-15-19(25)4-9-22(18)31)23(32)30-13-11-29(12-14-30)20-5-7-21(8-6-20)36(33,34)28-24-26-16-27-35-24/h4-9,15-17H,2-3,10-14H2,1H3,(H,26,27,28)/t17-/m1/s1. The van der Waals surface area contributed by atoms with Gasteiger partial charge >= 0.3 is 0 Å². The maximum Gasteiger partial charge on any atom is 0.263 e. The summed E-state index contributed by atoms with van der Waals surface area (Å²) in [5, 5.41) is 0.954. The molecule has 1 N–H and O–H groups in total. The van der Waals surface area contributed by atoms with Crippen LogP contribution in [-0.2, 0) is 21.2 Å². The minimum absolute atomic E-state index is 0.127. The fourth-order valence-electron chi connectivity index (χ4n) is 4.81. The van der Waals surface area contributed by atoms with Crippen LogP contribution in [0.4, 0.5) is 16.5 Å². The summed E-state index contributed by atoms with van der Waals surface area (Å²) in [7, 11) is -3.72. The summed E-state index contributed by atoms with van der Waals surface area (Å²) in [4.78, 5) is 23.7. The van der Waals surface area contributed by atoms with Gasteiger partial charge in [-0.1, -0.05) is 11.6 Å². The molecule has 3 heterocycles. The third-order valence-electron chi connectivity index (χ3n) is 6.71. The fourth-order valence-corrected chi connectivity index (χ4v) is 6.66. The van der Waals surface area contributed by atoms with Gasteiger partial charge in [-0.3, -0.25) is 9.52 Å². The highest BCUT2D eigenvalue weighted by molar-refractivity contribution is 7.93. The van der Waals surface area contributed by atoms with Crippen molar-refractivity contribution in [3.63, 3.8) is 0 Å². The Morgan fingerprint density at radius 3 is 2.53 bits per heavy atom. The van der Waals surface area contributed by atoms with Gasteiger partial charge in [-0.25, -0.2) is 13.4 Å². The number of hydrogen-bond acceptors (Lipinski definition) is 8. The number of aromatic nitrogens is 2. The molecule has 2 aromatic carbocycles. The molecule has 9 nitrogen and oxygen atoms in total. The normalized spacial score (nSPS) is 17.0. The predicted octanol–water partition coefficient (Wildman–Crippen LogP) is 3.48. The molecule has 1 atom stereocenters. The Morgan fingerprint density at radius 2 is 1.83 bits per heavy atom. The van der Waals surface area contributed by atoms with Crippen molar-refractivity contribution in [3.8, 4) is 0 Å². The van der Waals surface area contributed by atoms with Crippen LogP contribution in [0.1, 0.15) is 18.9 Å². The average molecular weight is 547 g/mol. The van der Waals surface area contributed by atoms with E-state index in [4.69, 9.17) is 11.6 Å². The van der Waals surface area contributed by atoms with Crippen molar-refractivity contribution in [2.45, 2.75) is 30.7 Å². The maximum atomic E-state index is 13.4. The highest BCUT2D eigenvalue weighted by Gasteiger charge is 2.31. The van der Waals surface area contributed by atoms with Crippen LogP contribution in [0, 0.1) is 0 Å². The van der Waals surface area contributed by atoms with E-state index in [1.165, 1.54) is 11.9 Å². The van der Waals surface area contributed by atoms with Gasteiger partial charge in [0.15, 0.2) is 0 Å². The summed E-state index contributed by atoms with van der Waals surface area (Å²) in [6.45, 7) is 5.42. The lowest BCUT2D eigenvalue weighted by molar-refractivity contribution is -0.132. The predicted molar refractivity (Wildman–Crippen MR) is 143 cm³/mol. The molecule has 0 radical (unpaired) electrons. The van der Waals surface area contributed by atoms with E-state index in [9.17, 15) is 13.2 Å². The highest BCUT2D eigenvalue weighted by Crippen LogP contribution is 2.31. The Labute approximate surface area is 219 Å². The van der Waals surface area contributed by atoms with E-state index in [2.05, 4.69) is 23.9 Å². The van der Waals surface area contributed by atoms with Gasteiger partial charge in [-0.05, 0) is 67.8 Å². The van der Waals surface area contributed by atoms with Crippen molar-refractivity contribution < 1.29 is 13.2 Å². The minimum Gasteiger partial charge on any atom is -0.368 e. The summed E-state index contributed by atoms with van der Waals surface area (Å²) in [6.07, 6.45) is 3.28. The zero-order valence-corrected chi connectivity index (χ0v) is 22.2. The molecule has 0 aliphatic carbocycles. The Balaban J connectivity index is 1.20. The van der Waals surface area contributed by atoms with Gasteiger partial charge in [0.05, 0.1) is 4.90 Å². The molecule has 1 amide bonds. The van der Waals surface area contributed by atoms with Gasteiger partial charge in [-0.2, -0.15) is 4.37 Å². The molecule has 0 spiro atoms. The first-order chi connectivity index (χ1) is 17.3. The topological polar surface area (TPSA) is 98.7 Å². The molecule has 190 valence electrons. The molecule has 0 bridgehead atoms. The van der Waals surface area contributed by atoms with E-state index < -0.39 is 10.0 Å². The van der Waals surface area contributed by atoms with E-state index in [-0.39, 0.29) is 22.0 Å². The Bertz CT molecular complexity index is 1330. The van der Waals surface area contributed by atoms with Crippen molar-refractivity contribution in [2.75, 3.05) is 47.2 Å². The monoisotopic (exact) mass is 546 g/mol. The molecular formula is C24H27ClN6O3S2. The second-order valence-corrected chi connectivity index (χ2v) is 11.8. The molecule has 3 aromatic rings. The molecule has 2 aliphatic heterocycles. The average Bonchev–Trinajstić information content (AvgIpc) is 3.40. The van der Waals surface area contributed by atoms with E-state index in [0.717, 1.165) is 47.3 Å². The van der Waals surface area contributed by atoms with E-state index in [1.54, 1.807) is 24.3 Å². The number of carbonyl (C=O) groups is 1. The number of benzene rings is 2. The maximum absolute atomic E-state index is 13.4. The molecule has 1 fully saturated rings. The molecule has 1 aromatic heterocycles. The van der Waals surface area contributed by atoms with Crippen LogP contribution in [0.15, 0.2) is 53.7 Å². The lowest BCUT2D eigenvalue weighted by Gasteiger charge is -2.41. The van der Waals surface area contributed by atoms with Crippen molar-refractivity contribution in [1.82, 2.24) is 14.3 Å². The molecule has 0 unspecified atom stereocenters. The van der Waals surface area contributed by atoms with Crippen LogP contribution < -0.4 is 14.5 Å². The zero-order chi connectivity index (χ0) is 25.3. The molecule has 0 saturated carbocycles. The number of anilines is 3. The Kier molecular flexibility index (Phi) is 7.05. The zero-order valence-electron chi connectivity index (χ0n) is 19.8. The molecular weight excluding hydrogens is 520 g/mol. The van der Waals surface area contributed by atoms with Crippen LogP contribution in [0.2, 0.25) is 5.02 Å². The van der Waals surface area contributed by atoms with Gasteiger partial charge in [0.25, 0.3) is 10.0 Å². The Hall–Kier alpha value is -2.89. The second-order valence-electron chi connectivity index (χ2n) is 8.90. The van der Waals surface area contributed by atoms with Crippen LogP contribution in [0.3, 0.4) is 0 Å². The van der Waals surface area contributed by atoms with Crippen molar-refractivity contribution in [3.05, 3.63) is 59.4 Å². The third-order valence-corrected chi connectivity index (χ3v) is 9.01. The number of hydrogen-bond donors (Lipinski definition) is 1. The highest BCUT2D eigenvalue weighted by atomic mass is 35.5. The summed E-state index contributed by atoms with van der Waals surface area (Å²) in [5.41, 5.74) is 3.22. The molecule has 5 rings (SSSR count). The number of piperazine rings is 1. The largest absolute Gasteiger partial charge is 0.368 e. The van der Waals surface area contributed by atoms with E-state index in [1.807, 2.05) is 30.0 Å². The number of nitrogens with zero attached hydrogens (tertiary/aromatic N) is 5. The van der Waals surface area contributed by atoms with Crippen molar-refractivity contribution in [2.24, 2.45) is 0 Å². The molecule has 12 heteroatoms. The molecule has 2 aliphatic rings. The number of sulfonamides is 1. The lowest BCUT2D eigenvalue weighted by atomic mass is 10.00. The van der Waals surface area contributed by atoms with Gasteiger partial charge in [0.1, 0.15) is 12.4 Å². The summed E-state index contributed by atoms with van der Waals surface area (Å²) >= 11 is 7.16. The van der Waals surface area contributed by atoms with Gasteiger partial charge in [-0.15, -0.1) is 0 Å². The number of aryl methyl sites for hydroxylation is 1. The lowest BCUT2D eigenvalue weighted by Crippen LogP contribution is -2.55. The molecule has 1 saturated heterocycles. The SMILES string of the molecule is C[C@H](C(=O)N1CCN(c2ccc(S(=O)(=O)Nc3ncns3)cc2)CC1)N1CCCc2cc(Cl)ccc21. The van der Waals surface area contributed by atoms with E-state index >= 15 is 0 Å². The summed E-state index contributed by atoms with van der Waals surface area (Å²) in [6, 6.07) is 12.4.